The Bertz CT molecular complexity index is 689. The van der Waals surface area contributed by atoms with Gasteiger partial charge in [0.15, 0.2) is 11.6 Å². The number of phenols is 1. The molecule has 1 saturated heterocycles. The van der Waals surface area contributed by atoms with Crippen molar-refractivity contribution in [2.45, 2.75) is 18.8 Å². The second-order valence-corrected chi connectivity index (χ2v) is 7.46. The highest BCUT2D eigenvalue weighted by atomic mass is 16.3. The van der Waals surface area contributed by atoms with E-state index >= 15 is 0 Å². The maximum absolute atomic E-state index is 12.4. The van der Waals surface area contributed by atoms with Crippen molar-refractivity contribution in [3.05, 3.63) is 41.6 Å². The number of piperazine rings is 1. The number of Topliss-reactive ketones (excluding diaryl/α,β-unsaturated/α-hetero) is 2. The molecule has 1 aliphatic carbocycles. The van der Waals surface area contributed by atoms with E-state index in [9.17, 15) is 14.7 Å². The van der Waals surface area contributed by atoms with Crippen molar-refractivity contribution in [2.75, 3.05) is 52.4 Å². The molecule has 7 heteroatoms. The molecule has 0 aromatic heterocycles. The number of aromatic hydroxyl groups is 1. The maximum Gasteiger partial charge on any atom is 0.168 e. The van der Waals surface area contributed by atoms with Crippen LogP contribution in [0.25, 0.3) is 0 Å². The lowest BCUT2D eigenvalue weighted by Gasteiger charge is -2.34. The molecule has 0 spiro atoms. The number of rotatable bonds is 7. The molecule has 0 amide bonds. The van der Waals surface area contributed by atoms with Crippen LogP contribution in [-0.2, 0) is 9.59 Å². The molecule has 0 bridgehead atoms. The van der Waals surface area contributed by atoms with Gasteiger partial charge in [-0.15, -0.1) is 0 Å². The highest BCUT2D eigenvalue weighted by molar-refractivity contribution is 6.22. The van der Waals surface area contributed by atoms with Crippen LogP contribution in [0.1, 0.15) is 24.3 Å². The third-order valence-electron chi connectivity index (χ3n) is 5.53. The van der Waals surface area contributed by atoms with Crippen LogP contribution < -0.4 is 5.32 Å². The molecule has 0 unspecified atom stereocenters. The molecule has 3 rings (SSSR count). The number of nitrogens with one attached hydrogen (secondary N) is 1. The number of phenolic OH excluding ortho intramolecular Hbond substituents is 1. The van der Waals surface area contributed by atoms with E-state index < -0.39 is 0 Å². The Morgan fingerprint density at radius 2 is 1.54 bits per heavy atom. The predicted molar refractivity (Wildman–Crippen MR) is 106 cm³/mol. The quantitative estimate of drug-likeness (QED) is 0.356. The van der Waals surface area contributed by atoms with Crippen molar-refractivity contribution in [2.24, 2.45) is 0 Å². The molecular formula is C21H29N3O4. The number of carbonyl (C=O) groups is 2. The van der Waals surface area contributed by atoms with E-state index in [0.717, 1.165) is 44.8 Å². The first-order valence-electron chi connectivity index (χ1n) is 9.91. The zero-order valence-electron chi connectivity index (χ0n) is 16.1. The van der Waals surface area contributed by atoms with Crippen LogP contribution in [0, 0.1) is 0 Å². The molecule has 0 atom stereocenters. The van der Waals surface area contributed by atoms with Gasteiger partial charge in [0, 0.05) is 64.9 Å². The van der Waals surface area contributed by atoms with Crippen LogP contribution in [0.4, 0.5) is 0 Å². The lowest BCUT2D eigenvalue weighted by atomic mass is 9.80. The lowest BCUT2D eigenvalue weighted by molar-refractivity contribution is -0.124. The van der Waals surface area contributed by atoms with Gasteiger partial charge in [-0.25, -0.2) is 0 Å². The van der Waals surface area contributed by atoms with Crippen LogP contribution in [-0.4, -0.2) is 84.0 Å². The number of benzene rings is 1. The third kappa shape index (κ3) is 5.41. The zero-order chi connectivity index (χ0) is 19.9. The molecule has 0 radical (unpaired) electrons. The van der Waals surface area contributed by atoms with Gasteiger partial charge in [0.05, 0.1) is 12.2 Å². The van der Waals surface area contributed by atoms with Crippen molar-refractivity contribution < 1.29 is 19.8 Å². The standard InChI is InChI=1S/C21H29N3O4/c25-12-11-24-9-7-23(8-10-24)6-5-22-15-19-20(27)13-17(14-21(19)28)16-1-3-18(26)4-2-16/h1-4,15,17,22,25-26H,5-14H2. The summed E-state index contributed by atoms with van der Waals surface area (Å²) in [6.45, 7) is 6.31. The number of hydrogen-bond acceptors (Lipinski definition) is 7. The number of aliphatic hydroxyl groups excluding tert-OH is 1. The Balaban J connectivity index is 1.44. The minimum Gasteiger partial charge on any atom is -0.508 e. The third-order valence-corrected chi connectivity index (χ3v) is 5.53. The first-order valence-corrected chi connectivity index (χ1v) is 9.91. The number of ketones is 2. The van der Waals surface area contributed by atoms with Crippen LogP contribution in [0.5, 0.6) is 5.75 Å². The van der Waals surface area contributed by atoms with Gasteiger partial charge in [-0.2, -0.15) is 0 Å². The summed E-state index contributed by atoms with van der Waals surface area (Å²) in [5, 5.41) is 21.5. The molecule has 1 heterocycles. The Morgan fingerprint density at radius 3 is 2.11 bits per heavy atom. The van der Waals surface area contributed by atoms with Gasteiger partial charge in [-0.05, 0) is 23.6 Å². The molecule has 2 aliphatic rings. The summed E-state index contributed by atoms with van der Waals surface area (Å²) in [7, 11) is 0. The smallest absolute Gasteiger partial charge is 0.168 e. The summed E-state index contributed by atoms with van der Waals surface area (Å²) < 4.78 is 0. The number of β-amino-alcohol motifs (C(OH)–C–C–N with tert-alkyl or cyclic N) is 1. The van der Waals surface area contributed by atoms with E-state index in [1.165, 1.54) is 0 Å². The van der Waals surface area contributed by atoms with Crippen LogP contribution in [0.15, 0.2) is 36.0 Å². The van der Waals surface area contributed by atoms with Gasteiger partial charge in [0.2, 0.25) is 0 Å². The fraction of sp³-hybridized carbons (Fsp3) is 0.524. The normalized spacial score (nSPS) is 21.8. The van der Waals surface area contributed by atoms with E-state index in [2.05, 4.69) is 15.1 Å². The number of aliphatic hydroxyl groups is 1. The molecule has 7 nitrogen and oxygen atoms in total. The van der Waals surface area contributed by atoms with Crippen molar-refractivity contribution >= 4 is 11.6 Å². The molecule has 2 fully saturated rings. The SMILES string of the molecule is O=C1CC(c2ccc(O)cc2)CC(=O)C1=CNCCN1CCN(CCO)CC1. The van der Waals surface area contributed by atoms with Gasteiger partial charge in [-0.1, -0.05) is 12.1 Å². The second kappa shape index (κ2) is 9.82. The second-order valence-electron chi connectivity index (χ2n) is 7.46. The topological polar surface area (TPSA) is 93.1 Å². The minimum atomic E-state index is -0.126. The van der Waals surface area contributed by atoms with E-state index in [1.807, 2.05) is 0 Å². The Kier molecular flexibility index (Phi) is 7.19. The monoisotopic (exact) mass is 387 g/mol. The fourth-order valence-electron chi connectivity index (χ4n) is 3.81. The maximum atomic E-state index is 12.4. The fourth-order valence-corrected chi connectivity index (χ4v) is 3.81. The molecule has 3 N–H and O–H groups in total. The van der Waals surface area contributed by atoms with E-state index in [-0.39, 0.29) is 35.4 Å². The summed E-state index contributed by atoms with van der Waals surface area (Å²) in [5.41, 5.74) is 1.18. The van der Waals surface area contributed by atoms with Crippen LogP contribution >= 0.6 is 0 Å². The van der Waals surface area contributed by atoms with E-state index in [4.69, 9.17) is 5.11 Å². The first-order chi connectivity index (χ1) is 13.6. The van der Waals surface area contributed by atoms with Crippen molar-refractivity contribution in [3.63, 3.8) is 0 Å². The number of allylic oxidation sites excluding steroid dienone is 1. The molecule has 1 saturated carbocycles. The Hall–Kier alpha value is -2.22. The van der Waals surface area contributed by atoms with Gasteiger partial charge in [-0.3, -0.25) is 19.4 Å². The average molecular weight is 387 g/mol. The number of nitrogens with zero attached hydrogens (tertiary/aromatic N) is 2. The highest BCUT2D eigenvalue weighted by Crippen LogP contribution is 2.32. The summed E-state index contributed by atoms with van der Waals surface area (Å²) >= 11 is 0. The lowest BCUT2D eigenvalue weighted by Crippen LogP contribution is -2.48. The van der Waals surface area contributed by atoms with Gasteiger partial charge < -0.3 is 15.5 Å². The molecular weight excluding hydrogens is 358 g/mol. The van der Waals surface area contributed by atoms with Crippen molar-refractivity contribution in [1.29, 1.82) is 0 Å². The molecule has 1 aromatic carbocycles. The highest BCUT2D eigenvalue weighted by Gasteiger charge is 2.31. The predicted octanol–water partition coefficient (Wildman–Crippen LogP) is 0.491. The molecule has 1 aromatic rings. The summed E-state index contributed by atoms with van der Waals surface area (Å²) in [6, 6.07) is 6.71. The van der Waals surface area contributed by atoms with E-state index in [0.29, 0.717) is 19.4 Å². The number of carbonyl (C=O) groups excluding carboxylic acids is 2. The summed E-state index contributed by atoms with van der Waals surface area (Å²) in [5.74, 6) is -0.191. The molecule has 28 heavy (non-hydrogen) atoms. The van der Waals surface area contributed by atoms with Gasteiger partial charge in [0.1, 0.15) is 5.75 Å². The number of hydrogen-bond donors (Lipinski definition) is 3. The van der Waals surface area contributed by atoms with Gasteiger partial charge in [0.25, 0.3) is 0 Å². The average Bonchev–Trinajstić information content (AvgIpc) is 2.68. The Labute approximate surface area is 165 Å². The molecule has 152 valence electrons. The van der Waals surface area contributed by atoms with E-state index in [1.54, 1.807) is 30.5 Å². The zero-order valence-corrected chi connectivity index (χ0v) is 16.1. The first kappa shape index (κ1) is 20.5. The minimum absolute atomic E-state index is 0.118. The van der Waals surface area contributed by atoms with Gasteiger partial charge >= 0.3 is 0 Å². The Morgan fingerprint density at radius 1 is 0.964 bits per heavy atom. The van der Waals surface area contributed by atoms with Crippen molar-refractivity contribution in [1.82, 2.24) is 15.1 Å². The summed E-state index contributed by atoms with van der Waals surface area (Å²) in [6.07, 6.45) is 2.22. The largest absolute Gasteiger partial charge is 0.508 e. The van der Waals surface area contributed by atoms with Crippen LogP contribution in [0.2, 0.25) is 0 Å². The molecule has 1 aliphatic heterocycles. The van der Waals surface area contributed by atoms with Crippen LogP contribution in [0.3, 0.4) is 0 Å². The summed E-state index contributed by atoms with van der Waals surface area (Å²) in [4.78, 5) is 29.5. The van der Waals surface area contributed by atoms with Crippen molar-refractivity contribution in [3.8, 4) is 5.75 Å².